The molecule has 0 unspecified atom stereocenters. The van der Waals surface area contributed by atoms with E-state index in [0.29, 0.717) is 16.8 Å². The summed E-state index contributed by atoms with van der Waals surface area (Å²) in [7, 11) is 0. The van der Waals surface area contributed by atoms with Gasteiger partial charge in [-0.2, -0.15) is 0 Å². The molecule has 1 aromatic carbocycles. The number of fused-ring (bicyclic) bond motifs is 1. The molecule has 1 heterocycles. The minimum atomic E-state index is -0.517. The molecule has 2 N–H and O–H groups in total. The molecule has 0 aliphatic carbocycles. The lowest BCUT2D eigenvalue weighted by Crippen LogP contribution is -1.83. The van der Waals surface area contributed by atoms with Gasteiger partial charge in [-0.1, -0.05) is 12.1 Å². The minimum absolute atomic E-state index is 0.517. The third-order valence-electron chi connectivity index (χ3n) is 1.85. The first-order valence-corrected chi connectivity index (χ1v) is 3.63. The van der Waals surface area contributed by atoms with Gasteiger partial charge in [0.25, 0.3) is 0 Å². The molecule has 0 radical (unpaired) electrons. The molecular formula is C9H8FNO. The van der Waals surface area contributed by atoms with E-state index in [1.807, 2.05) is 0 Å². The van der Waals surface area contributed by atoms with Gasteiger partial charge in [-0.25, -0.2) is 4.39 Å². The number of hydrogen-bond donors (Lipinski definition) is 1. The second-order valence-corrected chi connectivity index (χ2v) is 2.62. The molecule has 62 valence electrons. The van der Waals surface area contributed by atoms with Gasteiger partial charge in [0.2, 0.25) is 0 Å². The summed E-state index contributed by atoms with van der Waals surface area (Å²) in [5.41, 5.74) is 7.28. The highest BCUT2D eigenvalue weighted by molar-refractivity contribution is 5.90. The summed E-state index contributed by atoms with van der Waals surface area (Å²) in [6, 6.07) is 5.31. The summed E-state index contributed by atoms with van der Waals surface area (Å²) in [6.45, 7) is -0.517. The molecule has 0 fully saturated rings. The van der Waals surface area contributed by atoms with E-state index < -0.39 is 6.67 Å². The standard InChI is InChI=1S/C9H8FNO/c10-4-6-5-12-9-7(6)2-1-3-8(9)11/h1-3,5H,4,11H2. The van der Waals surface area contributed by atoms with Crippen LogP contribution in [-0.4, -0.2) is 0 Å². The van der Waals surface area contributed by atoms with Crippen LogP contribution in [0.2, 0.25) is 0 Å². The van der Waals surface area contributed by atoms with Crippen LogP contribution in [0.1, 0.15) is 5.56 Å². The van der Waals surface area contributed by atoms with E-state index >= 15 is 0 Å². The first-order chi connectivity index (χ1) is 5.83. The minimum Gasteiger partial charge on any atom is -0.462 e. The van der Waals surface area contributed by atoms with Gasteiger partial charge in [-0.05, 0) is 6.07 Å². The highest BCUT2D eigenvalue weighted by atomic mass is 19.1. The molecule has 12 heavy (non-hydrogen) atoms. The first kappa shape index (κ1) is 7.16. The van der Waals surface area contributed by atoms with Gasteiger partial charge in [-0.15, -0.1) is 0 Å². The number of rotatable bonds is 1. The number of furan rings is 1. The molecule has 2 nitrogen and oxygen atoms in total. The maximum Gasteiger partial charge on any atom is 0.157 e. The Morgan fingerprint density at radius 3 is 3.00 bits per heavy atom. The van der Waals surface area contributed by atoms with E-state index in [0.717, 1.165) is 5.39 Å². The van der Waals surface area contributed by atoms with Gasteiger partial charge in [0, 0.05) is 10.9 Å². The molecule has 0 saturated carbocycles. The second-order valence-electron chi connectivity index (χ2n) is 2.62. The van der Waals surface area contributed by atoms with E-state index in [1.54, 1.807) is 18.2 Å². The molecule has 2 rings (SSSR count). The number of hydrogen-bond acceptors (Lipinski definition) is 2. The number of halogens is 1. The number of anilines is 1. The zero-order valence-electron chi connectivity index (χ0n) is 6.38. The quantitative estimate of drug-likeness (QED) is 0.659. The Labute approximate surface area is 68.8 Å². The lowest BCUT2D eigenvalue weighted by Gasteiger charge is -1.93. The van der Waals surface area contributed by atoms with Crippen LogP contribution in [0.25, 0.3) is 11.0 Å². The maximum absolute atomic E-state index is 12.3. The van der Waals surface area contributed by atoms with Gasteiger partial charge in [0.05, 0.1) is 12.0 Å². The van der Waals surface area contributed by atoms with Gasteiger partial charge in [0.1, 0.15) is 6.67 Å². The third-order valence-corrected chi connectivity index (χ3v) is 1.85. The number of nitrogens with two attached hydrogens (primary N) is 1. The lowest BCUT2D eigenvalue weighted by molar-refractivity contribution is 0.480. The molecule has 2 aromatic rings. The van der Waals surface area contributed by atoms with Crippen LogP contribution in [0, 0.1) is 0 Å². The van der Waals surface area contributed by atoms with Crippen molar-refractivity contribution < 1.29 is 8.81 Å². The van der Waals surface area contributed by atoms with Crippen molar-refractivity contribution in [2.45, 2.75) is 6.67 Å². The fourth-order valence-corrected chi connectivity index (χ4v) is 1.24. The molecule has 3 heteroatoms. The predicted octanol–water partition coefficient (Wildman–Crippen LogP) is 2.48. The summed E-state index contributed by atoms with van der Waals surface area (Å²) in [4.78, 5) is 0. The van der Waals surface area contributed by atoms with Crippen molar-refractivity contribution in [1.29, 1.82) is 0 Å². The van der Waals surface area contributed by atoms with Gasteiger partial charge >= 0.3 is 0 Å². The summed E-state index contributed by atoms with van der Waals surface area (Å²) in [5.74, 6) is 0. The van der Waals surface area contributed by atoms with E-state index in [2.05, 4.69) is 0 Å². The van der Waals surface area contributed by atoms with E-state index in [1.165, 1.54) is 6.26 Å². The van der Waals surface area contributed by atoms with Crippen LogP contribution in [0.3, 0.4) is 0 Å². The van der Waals surface area contributed by atoms with Crippen molar-refractivity contribution >= 4 is 16.7 Å². The van der Waals surface area contributed by atoms with Crippen LogP contribution in [0.15, 0.2) is 28.9 Å². The van der Waals surface area contributed by atoms with Crippen molar-refractivity contribution in [2.75, 3.05) is 5.73 Å². The SMILES string of the molecule is Nc1cccc2c(CF)coc12. The Balaban J connectivity index is 2.80. The Morgan fingerprint density at radius 2 is 2.25 bits per heavy atom. The molecule has 0 bridgehead atoms. The Bertz CT molecular complexity index is 408. The maximum atomic E-state index is 12.3. The van der Waals surface area contributed by atoms with Crippen LogP contribution in [0.5, 0.6) is 0 Å². The lowest BCUT2D eigenvalue weighted by atomic mass is 10.2. The van der Waals surface area contributed by atoms with Crippen LogP contribution < -0.4 is 5.73 Å². The summed E-state index contributed by atoms with van der Waals surface area (Å²) in [6.07, 6.45) is 1.40. The Kier molecular flexibility index (Phi) is 1.50. The largest absolute Gasteiger partial charge is 0.462 e. The van der Waals surface area contributed by atoms with Crippen LogP contribution in [-0.2, 0) is 6.67 Å². The Morgan fingerprint density at radius 1 is 1.42 bits per heavy atom. The summed E-state index contributed by atoms with van der Waals surface area (Å²) in [5, 5.41) is 0.762. The van der Waals surface area contributed by atoms with Crippen molar-refractivity contribution in [1.82, 2.24) is 0 Å². The zero-order chi connectivity index (χ0) is 8.55. The smallest absolute Gasteiger partial charge is 0.157 e. The van der Waals surface area contributed by atoms with Gasteiger partial charge in [-0.3, -0.25) is 0 Å². The predicted molar refractivity (Wildman–Crippen MR) is 45.4 cm³/mol. The third kappa shape index (κ3) is 0.863. The van der Waals surface area contributed by atoms with Crippen molar-refractivity contribution in [3.05, 3.63) is 30.0 Å². The monoisotopic (exact) mass is 165 g/mol. The average molecular weight is 165 g/mol. The van der Waals surface area contributed by atoms with Crippen LogP contribution in [0.4, 0.5) is 10.1 Å². The molecule has 0 amide bonds. The molecule has 0 atom stereocenters. The highest BCUT2D eigenvalue weighted by Gasteiger charge is 2.06. The van der Waals surface area contributed by atoms with Crippen LogP contribution >= 0.6 is 0 Å². The average Bonchev–Trinajstić information content (AvgIpc) is 2.49. The van der Waals surface area contributed by atoms with Crippen molar-refractivity contribution in [3.8, 4) is 0 Å². The first-order valence-electron chi connectivity index (χ1n) is 3.63. The fourth-order valence-electron chi connectivity index (χ4n) is 1.24. The molecule has 0 saturated heterocycles. The summed E-state index contributed by atoms with van der Waals surface area (Å²) < 4.78 is 17.4. The van der Waals surface area contributed by atoms with E-state index in [-0.39, 0.29) is 0 Å². The molecular weight excluding hydrogens is 157 g/mol. The number of para-hydroxylation sites is 1. The van der Waals surface area contributed by atoms with E-state index in [4.69, 9.17) is 10.2 Å². The number of alkyl halides is 1. The molecule has 0 aliphatic heterocycles. The highest BCUT2D eigenvalue weighted by Crippen LogP contribution is 2.26. The Hall–Kier alpha value is -1.51. The molecule has 1 aromatic heterocycles. The van der Waals surface area contributed by atoms with Crippen molar-refractivity contribution in [2.24, 2.45) is 0 Å². The van der Waals surface area contributed by atoms with Crippen molar-refractivity contribution in [3.63, 3.8) is 0 Å². The zero-order valence-corrected chi connectivity index (χ0v) is 6.38. The van der Waals surface area contributed by atoms with E-state index in [9.17, 15) is 4.39 Å². The topological polar surface area (TPSA) is 39.2 Å². The number of nitrogen functional groups attached to an aromatic ring is 1. The molecule has 0 aliphatic rings. The molecule has 0 spiro atoms. The normalized spacial score (nSPS) is 10.8. The second kappa shape index (κ2) is 2.52. The van der Waals surface area contributed by atoms with Gasteiger partial charge in [0.15, 0.2) is 5.58 Å². The summed E-state index contributed by atoms with van der Waals surface area (Å²) >= 11 is 0. The van der Waals surface area contributed by atoms with Gasteiger partial charge < -0.3 is 10.2 Å². The fraction of sp³-hybridized carbons (Fsp3) is 0.111. The number of benzene rings is 1.